The summed E-state index contributed by atoms with van der Waals surface area (Å²) in [6.07, 6.45) is 0. The van der Waals surface area contributed by atoms with Crippen LogP contribution in [0.1, 0.15) is 41.0 Å². The minimum absolute atomic E-state index is 0.248. The second-order valence-electron chi connectivity index (χ2n) is 8.65. The van der Waals surface area contributed by atoms with E-state index in [1.807, 2.05) is 81.4 Å². The van der Waals surface area contributed by atoms with E-state index in [1.165, 1.54) is 0 Å². The van der Waals surface area contributed by atoms with Crippen LogP contribution in [0.3, 0.4) is 0 Å². The lowest BCUT2D eigenvalue weighted by Crippen LogP contribution is -2.13. The summed E-state index contributed by atoms with van der Waals surface area (Å²) in [5.41, 5.74) is 4.44. The first kappa shape index (κ1) is 23.8. The summed E-state index contributed by atoms with van der Waals surface area (Å²) in [5, 5.41) is 1.12. The fraction of sp³-hybridized carbons (Fsp3) is 0.241. The molecule has 0 aliphatic rings. The second kappa shape index (κ2) is 11.2. The van der Waals surface area contributed by atoms with Gasteiger partial charge in [-0.05, 0) is 54.3 Å². The maximum absolute atomic E-state index is 12.7. The third-order valence-electron chi connectivity index (χ3n) is 5.35. The lowest BCUT2D eigenvalue weighted by atomic mass is 10.0. The molecule has 0 amide bonds. The van der Waals surface area contributed by atoms with Crippen LogP contribution < -0.4 is 4.74 Å². The molecule has 5 heteroatoms. The number of aryl methyl sites for hydroxylation is 1. The molecule has 1 heterocycles. The monoisotopic (exact) mass is 471 g/mol. The number of hydrogen-bond donors (Lipinski definition) is 0. The molecule has 0 N–H and O–H groups in total. The van der Waals surface area contributed by atoms with Crippen LogP contribution in [0.2, 0.25) is 0 Å². The zero-order valence-corrected chi connectivity index (χ0v) is 20.6. The summed E-state index contributed by atoms with van der Waals surface area (Å²) in [7, 11) is 0. The molecule has 0 radical (unpaired) electrons. The number of nitrogens with zero attached hydrogens (tertiary/aromatic N) is 1. The number of hydrogen-bond acceptors (Lipinski definition) is 5. The van der Waals surface area contributed by atoms with Crippen molar-refractivity contribution in [3.63, 3.8) is 0 Å². The molecule has 0 aliphatic heterocycles. The summed E-state index contributed by atoms with van der Waals surface area (Å²) in [4.78, 5) is 18.5. The van der Waals surface area contributed by atoms with Gasteiger partial charge in [-0.15, -0.1) is 11.8 Å². The number of carbonyl (C=O) groups excluding carboxylic acids is 1. The number of esters is 1. The van der Waals surface area contributed by atoms with Crippen molar-refractivity contribution < 1.29 is 14.3 Å². The Bertz CT molecular complexity index is 1290. The Morgan fingerprint density at radius 2 is 1.79 bits per heavy atom. The molecule has 0 bridgehead atoms. The summed E-state index contributed by atoms with van der Waals surface area (Å²) in [5.74, 6) is 1.52. The molecule has 0 atom stereocenters. The van der Waals surface area contributed by atoms with Crippen molar-refractivity contribution in [1.82, 2.24) is 4.98 Å². The standard InChI is InChI=1S/C29H29NO3S/c1-20(2)17-33-29(31)28-21(3)8-6-10-23(28)19-34-26-12-7-11-25(16-26)32-18-24-15-14-22-9-4-5-13-27(22)30-24/h4-16,20H,17-19H2,1-3H3. The average molecular weight is 472 g/mol. The molecule has 34 heavy (non-hydrogen) atoms. The Morgan fingerprint density at radius 3 is 2.65 bits per heavy atom. The van der Waals surface area contributed by atoms with E-state index in [0.717, 1.165) is 38.4 Å². The van der Waals surface area contributed by atoms with Gasteiger partial charge in [0.1, 0.15) is 12.4 Å². The molecular weight excluding hydrogens is 442 g/mol. The van der Waals surface area contributed by atoms with Gasteiger partial charge >= 0.3 is 5.97 Å². The van der Waals surface area contributed by atoms with Crippen molar-refractivity contribution in [2.45, 2.75) is 38.0 Å². The van der Waals surface area contributed by atoms with Crippen molar-refractivity contribution in [1.29, 1.82) is 0 Å². The second-order valence-corrected chi connectivity index (χ2v) is 9.70. The molecule has 4 aromatic rings. The van der Waals surface area contributed by atoms with Crippen LogP contribution in [0.4, 0.5) is 0 Å². The Morgan fingerprint density at radius 1 is 0.971 bits per heavy atom. The van der Waals surface area contributed by atoms with Crippen LogP contribution in [0.25, 0.3) is 10.9 Å². The van der Waals surface area contributed by atoms with E-state index in [2.05, 4.69) is 23.2 Å². The number of fused-ring (bicyclic) bond motifs is 1. The van der Waals surface area contributed by atoms with Gasteiger partial charge in [0.15, 0.2) is 0 Å². The van der Waals surface area contributed by atoms with Gasteiger partial charge in [0.25, 0.3) is 0 Å². The first-order valence-electron chi connectivity index (χ1n) is 11.5. The van der Waals surface area contributed by atoms with E-state index in [9.17, 15) is 4.79 Å². The number of para-hydroxylation sites is 1. The smallest absolute Gasteiger partial charge is 0.338 e. The lowest BCUT2D eigenvalue weighted by Gasteiger charge is -2.13. The van der Waals surface area contributed by atoms with Crippen molar-refractivity contribution in [2.75, 3.05) is 6.61 Å². The normalized spacial score (nSPS) is 11.1. The van der Waals surface area contributed by atoms with E-state index >= 15 is 0 Å². The lowest BCUT2D eigenvalue weighted by molar-refractivity contribution is 0.0457. The molecule has 0 saturated carbocycles. The van der Waals surface area contributed by atoms with Gasteiger partial charge in [-0.25, -0.2) is 9.78 Å². The first-order chi connectivity index (χ1) is 16.5. The molecule has 0 aliphatic carbocycles. The maximum atomic E-state index is 12.7. The van der Waals surface area contributed by atoms with Crippen LogP contribution in [0, 0.1) is 12.8 Å². The molecule has 4 rings (SSSR count). The largest absolute Gasteiger partial charge is 0.487 e. The number of ether oxygens (including phenoxy) is 2. The molecule has 4 nitrogen and oxygen atoms in total. The quantitative estimate of drug-likeness (QED) is 0.190. The van der Waals surface area contributed by atoms with Crippen LogP contribution >= 0.6 is 11.8 Å². The van der Waals surface area contributed by atoms with Gasteiger partial charge in [0.05, 0.1) is 23.4 Å². The van der Waals surface area contributed by atoms with Gasteiger partial charge < -0.3 is 9.47 Å². The van der Waals surface area contributed by atoms with Crippen LogP contribution in [-0.2, 0) is 17.1 Å². The number of thioether (sulfide) groups is 1. The third kappa shape index (κ3) is 6.17. The SMILES string of the molecule is Cc1cccc(CSc2cccc(OCc3ccc4ccccc4n3)c2)c1C(=O)OCC(C)C. The number of aromatic nitrogens is 1. The number of carbonyl (C=O) groups is 1. The molecule has 0 saturated heterocycles. The van der Waals surface area contributed by atoms with E-state index in [-0.39, 0.29) is 5.97 Å². The number of pyridine rings is 1. The highest BCUT2D eigenvalue weighted by Crippen LogP contribution is 2.29. The summed E-state index contributed by atoms with van der Waals surface area (Å²) >= 11 is 1.67. The molecular formula is C29H29NO3S. The van der Waals surface area contributed by atoms with E-state index < -0.39 is 0 Å². The fourth-order valence-electron chi connectivity index (χ4n) is 3.62. The topological polar surface area (TPSA) is 48.4 Å². The molecule has 3 aromatic carbocycles. The zero-order chi connectivity index (χ0) is 23.9. The highest BCUT2D eigenvalue weighted by Gasteiger charge is 2.16. The number of benzene rings is 3. The van der Waals surface area contributed by atoms with Crippen molar-refractivity contribution in [2.24, 2.45) is 5.92 Å². The average Bonchev–Trinajstić information content (AvgIpc) is 2.85. The summed E-state index contributed by atoms with van der Waals surface area (Å²) in [6.45, 7) is 6.85. The van der Waals surface area contributed by atoms with Crippen LogP contribution in [0.5, 0.6) is 5.75 Å². The van der Waals surface area contributed by atoms with Gasteiger partial charge in [0.2, 0.25) is 0 Å². The van der Waals surface area contributed by atoms with Gasteiger partial charge in [-0.3, -0.25) is 0 Å². The number of rotatable bonds is 9. The summed E-state index contributed by atoms with van der Waals surface area (Å²) in [6, 6.07) is 26.1. The van der Waals surface area contributed by atoms with Crippen molar-refractivity contribution in [3.8, 4) is 5.75 Å². The zero-order valence-electron chi connectivity index (χ0n) is 19.8. The van der Waals surface area contributed by atoms with E-state index in [4.69, 9.17) is 9.47 Å². The first-order valence-corrected chi connectivity index (χ1v) is 12.4. The highest BCUT2D eigenvalue weighted by atomic mass is 32.2. The Balaban J connectivity index is 1.41. The molecule has 0 unspecified atom stereocenters. The van der Waals surface area contributed by atoms with Crippen molar-refractivity contribution >= 4 is 28.6 Å². The minimum Gasteiger partial charge on any atom is -0.487 e. The highest BCUT2D eigenvalue weighted by molar-refractivity contribution is 7.98. The van der Waals surface area contributed by atoms with Gasteiger partial charge in [-0.1, -0.05) is 62.4 Å². The van der Waals surface area contributed by atoms with Crippen molar-refractivity contribution in [3.05, 3.63) is 101 Å². The fourth-order valence-corrected chi connectivity index (χ4v) is 4.55. The van der Waals surface area contributed by atoms with Gasteiger partial charge in [-0.2, -0.15) is 0 Å². The Kier molecular flexibility index (Phi) is 7.86. The molecule has 0 fully saturated rings. The van der Waals surface area contributed by atoms with Crippen LogP contribution in [0.15, 0.2) is 83.8 Å². The van der Waals surface area contributed by atoms with Crippen LogP contribution in [-0.4, -0.2) is 17.6 Å². The molecule has 1 aromatic heterocycles. The van der Waals surface area contributed by atoms with E-state index in [1.54, 1.807) is 11.8 Å². The maximum Gasteiger partial charge on any atom is 0.338 e. The van der Waals surface area contributed by atoms with E-state index in [0.29, 0.717) is 30.4 Å². The Labute approximate surface area is 205 Å². The minimum atomic E-state index is -0.248. The molecule has 0 spiro atoms. The predicted octanol–water partition coefficient (Wildman–Crippen LogP) is 7.23. The molecule has 174 valence electrons. The Hall–Kier alpha value is -3.31. The summed E-state index contributed by atoms with van der Waals surface area (Å²) < 4.78 is 11.5. The predicted molar refractivity (Wildman–Crippen MR) is 138 cm³/mol. The van der Waals surface area contributed by atoms with Gasteiger partial charge in [0, 0.05) is 16.0 Å². The third-order valence-corrected chi connectivity index (χ3v) is 6.40.